The molecule has 1 aliphatic heterocycles. The number of aryl methyl sites for hydroxylation is 1. The molecular weight excluding hydrogens is 486 g/mol. The van der Waals surface area contributed by atoms with Crippen LogP contribution in [0.4, 0.5) is 5.82 Å². The van der Waals surface area contributed by atoms with Crippen molar-refractivity contribution in [3.63, 3.8) is 0 Å². The van der Waals surface area contributed by atoms with Gasteiger partial charge in [-0.05, 0) is 53.3 Å². The minimum absolute atomic E-state index is 0.419. The van der Waals surface area contributed by atoms with Crippen molar-refractivity contribution >= 4 is 51.3 Å². The fourth-order valence-corrected chi connectivity index (χ4v) is 4.94. The number of halogens is 1. The van der Waals surface area contributed by atoms with Gasteiger partial charge < -0.3 is 20.4 Å². The average Bonchev–Trinajstić information content (AvgIpc) is 3.24. The normalized spacial score (nSPS) is 13.3. The smallest absolute Gasteiger partial charge is 0.175 e. The number of nitrogen functional groups attached to an aromatic ring is 1. The van der Waals surface area contributed by atoms with Gasteiger partial charge in [0.15, 0.2) is 22.1 Å². The first-order chi connectivity index (χ1) is 13.5. The Labute approximate surface area is 182 Å². The number of anilines is 1. The van der Waals surface area contributed by atoms with Crippen LogP contribution in [0.5, 0.6) is 5.75 Å². The quantitative estimate of drug-likeness (QED) is 0.372. The van der Waals surface area contributed by atoms with Crippen molar-refractivity contribution < 1.29 is 4.74 Å². The summed E-state index contributed by atoms with van der Waals surface area (Å²) < 4.78 is 8.99. The van der Waals surface area contributed by atoms with E-state index in [9.17, 15) is 0 Å². The maximum Gasteiger partial charge on any atom is 0.175 e. The molecule has 0 amide bonds. The Kier molecular flexibility index (Phi) is 5.93. The topological polar surface area (TPSA) is 90.9 Å². The molecule has 7 nitrogen and oxygen atoms in total. The van der Waals surface area contributed by atoms with Gasteiger partial charge in [0, 0.05) is 27.5 Å². The number of hydrogen-bond donors (Lipinski definition) is 2. The van der Waals surface area contributed by atoms with Crippen LogP contribution in [0.3, 0.4) is 0 Å². The molecule has 4 rings (SSSR count). The molecule has 3 heterocycles. The van der Waals surface area contributed by atoms with E-state index in [0.717, 1.165) is 52.7 Å². The molecule has 0 bridgehead atoms. The summed E-state index contributed by atoms with van der Waals surface area (Å²) in [4.78, 5) is 14.5. The lowest BCUT2D eigenvalue weighted by Crippen LogP contribution is -2.24. The van der Waals surface area contributed by atoms with Crippen LogP contribution in [-0.4, -0.2) is 38.7 Å². The van der Waals surface area contributed by atoms with Gasteiger partial charge in [0.05, 0.1) is 6.61 Å². The van der Waals surface area contributed by atoms with Gasteiger partial charge in [-0.2, -0.15) is 0 Å². The summed E-state index contributed by atoms with van der Waals surface area (Å²) in [6.07, 6.45) is 3.44. The van der Waals surface area contributed by atoms with Crippen LogP contribution in [0, 0.1) is 3.57 Å². The number of imidazole rings is 1. The number of benzene rings is 1. The van der Waals surface area contributed by atoms with E-state index in [0.29, 0.717) is 17.4 Å². The Balaban J connectivity index is 1.66. The number of hydrogen-bond acceptors (Lipinski definition) is 7. The molecule has 0 saturated carbocycles. The van der Waals surface area contributed by atoms with Gasteiger partial charge in [-0.15, -0.1) is 0 Å². The first-order valence-electron chi connectivity index (χ1n) is 9.36. The van der Waals surface area contributed by atoms with Gasteiger partial charge >= 0.3 is 0 Å². The van der Waals surface area contributed by atoms with Crippen LogP contribution in [-0.2, 0) is 13.0 Å². The van der Waals surface area contributed by atoms with Crippen LogP contribution in [0.15, 0.2) is 28.5 Å². The molecule has 3 aromatic rings. The predicted octanol–water partition coefficient (Wildman–Crippen LogP) is 3.49. The molecule has 0 spiro atoms. The standard InChI is InChI=1S/C19H23IN6OS/c1-11(2)22-5-3-6-26-18-16(17(21)23-10-24-18)25-19(26)28-15-8-12-4-7-27-14(12)9-13(15)20/h8-11,22H,3-7H2,1-2H3,(H2,21,23,24)/i27-1. The summed E-state index contributed by atoms with van der Waals surface area (Å²) >= 11 is 4.01. The van der Waals surface area contributed by atoms with Crippen LogP contribution >= 0.6 is 34.4 Å². The second-order valence-corrected chi connectivity index (χ2v) is 9.20. The van der Waals surface area contributed by atoms with E-state index in [1.165, 1.54) is 16.8 Å². The third-order valence-corrected chi connectivity index (χ3v) is 6.89. The summed E-state index contributed by atoms with van der Waals surface area (Å²) in [7, 11) is 0. The Morgan fingerprint density at radius 1 is 1.36 bits per heavy atom. The zero-order chi connectivity index (χ0) is 19.7. The second kappa shape index (κ2) is 8.42. The van der Waals surface area contributed by atoms with Crippen molar-refractivity contribution in [2.75, 3.05) is 18.9 Å². The Hall–Kier alpha value is -1.59. The first-order valence-corrected chi connectivity index (χ1v) is 11.3. The molecule has 0 radical (unpaired) electrons. The summed E-state index contributed by atoms with van der Waals surface area (Å²) in [5.41, 5.74) is 8.78. The van der Waals surface area contributed by atoms with E-state index in [-0.39, 0.29) is 0 Å². The summed E-state index contributed by atoms with van der Waals surface area (Å²) in [6.45, 7) is 6.82. The third kappa shape index (κ3) is 4.06. The molecule has 1 aromatic carbocycles. The van der Waals surface area contributed by atoms with Crippen molar-refractivity contribution in [2.24, 2.45) is 0 Å². The third-order valence-electron chi connectivity index (χ3n) is 4.58. The van der Waals surface area contributed by atoms with Gasteiger partial charge in [0.2, 0.25) is 0 Å². The van der Waals surface area contributed by atoms with E-state index in [1.807, 2.05) is 0 Å². The number of fused-ring (bicyclic) bond motifs is 2. The van der Waals surface area contributed by atoms with Gasteiger partial charge in [-0.3, -0.25) is 0 Å². The number of nitrogens with two attached hydrogens (primary N) is 1. The number of rotatable bonds is 7. The Morgan fingerprint density at radius 3 is 3.04 bits per heavy atom. The van der Waals surface area contributed by atoms with Crippen molar-refractivity contribution in [2.45, 2.75) is 49.3 Å². The number of aromatic nitrogens is 4. The lowest BCUT2D eigenvalue weighted by Gasteiger charge is -2.11. The zero-order valence-electron chi connectivity index (χ0n) is 15.9. The molecule has 148 valence electrons. The molecule has 3 N–H and O–H groups in total. The van der Waals surface area contributed by atoms with E-state index in [1.54, 1.807) is 11.8 Å². The molecule has 0 aliphatic carbocycles. The SMILES string of the molecule is CC(C)NCCCn1c(Sc2cc3c(cc2I)[15O]CC3)nc2c(N)ncnc21. The lowest BCUT2D eigenvalue weighted by atomic mass is 10.2. The monoisotopic (exact) mass is 509 g/mol. The van der Waals surface area contributed by atoms with E-state index >= 15 is 0 Å². The first kappa shape index (κ1) is 19.7. The molecule has 28 heavy (non-hydrogen) atoms. The van der Waals surface area contributed by atoms with Gasteiger partial charge in [0.1, 0.15) is 12.1 Å². The van der Waals surface area contributed by atoms with E-state index in [2.05, 4.69) is 68.4 Å². The van der Waals surface area contributed by atoms with Crippen LogP contribution in [0.1, 0.15) is 25.8 Å². The molecule has 0 unspecified atom stereocenters. The van der Waals surface area contributed by atoms with Gasteiger partial charge in [-0.25, -0.2) is 15.0 Å². The molecule has 2 aromatic heterocycles. The Morgan fingerprint density at radius 2 is 2.21 bits per heavy atom. The minimum Gasteiger partial charge on any atom is -0.493 e. The molecule has 9 heteroatoms. The fourth-order valence-electron chi connectivity index (χ4n) is 3.20. The fraction of sp³-hybridized carbons (Fsp3) is 0.421. The highest BCUT2D eigenvalue weighted by Gasteiger charge is 2.20. The van der Waals surface area contributed by atoms with Crippen molar-refractivity contribution in [1.29, 1.82) is 0 Å². The average molecular weight is 509 g/mol. The lowest BCUT2D eigenvalue weighted by molar-refractivity contribution is 0.356. The maximum atomic E-state index is 6.06. The molecular formula is C19H23IN6OS. The van der Waals surface area contributed by atoms with Crippen molar-refractivity contribution in [3.05, 3.63) is 27.6 Å². The Bertz CT molecular complexity index is 1010. The van der Waals surface area contributed by atoms with E-state index in [4.69, 9.17) is 15.5 Å². The zero-order valence-corrected chi connectivity index (χ0v) is 18.9. The van der Waals surface area contributed by atoms with Crippen LogP contribution < -0.4 is 15.8 Å². The largest absolute Gasteiger partial charge is 0.493 e. The van der Waals surface area contributed by atoms with E-state index < -0.39 is 0 Å². The van der Waals surface area contributed by atoms with Crippen LogP contribution in [0.2, 0.25) is 0 Å². The van der Waals surface area contributed by atoms with Gasteiger partial charge in [-0.1, -0.05) is 25.6 Å². The number of nitrogens with zero attached hydrogens (tertiary/aromatic N) is 4. The number of nitrogens with one attached hydrogen (secondary N) is 1. The highest BCUT2D eigenvalue weighted by Crippen LogP contribution is 2.38. The highest BCUT2D eigenvalue weighted by atomic mass is 127. The molecule has 0 saturated heterocycles. The van der Waals surface area contributed by atoms with Crippen molar-refractivity contribution in [3.8, 4) is 5.75 Å². The van der Waals surface area contributed by atoms with Crippen LogP contribution in [0.25, 0.3) is 11.2 Å². The summed E-state index contributed by atoms with van der Waals surface area (Å²) in [6, 6.07) is 4.80. The maximum absolute atomic E-state index is 6.06. The molecule has 0 atom stereocenters. The predicted molar refractivity (Wildman–Crippen MR) is 120 cm³/mol. The minimum atomic E-state index is 0.419. The highest BCUT2D eigenvalue weighted by molar-refractivity contribution is 14.1. The summed E-state index contributed by atoms with van der Waals surface area (Å²) in [5.74, 6) is 1.42. The second-order valence-electron chi connectivity index (χ2n) is 7.03. The van der Waals surface area contributed by atoms with Crippen molar-refractivity contribution in [1.82, 2.24) is 24.8 Å². The molecule has 1 aliphatic rings. The molecule has 0 fully saturated rings. The summed E-state index contributed by atoms with van der Waals surface area (Å²) in [5, 5.41) is 4.35. The number of ether oxygens (including phenoxy) is 1. The van der Waals surface area contributed by atoms with Gasteiger partial charge in [0.25, 0.3) is 0 Å².